The van der Waals surface area contributed by atoms with Crippen molar-refractivity contribution in [1.82, 2.24) is 24.9 Å². The lowest BCUT2D eigenvalue weighted by molar-refractivity contribution is 1.16. The fraction of sp³-hybridized carbons (Fsp3) is 0. The van der Waals surface area contributed by atoms with Gasteiger partial charge >= 0.3 is 0 Å². The molecule has 6 nitrogen and oxygen atoms in total. The minimum atomic E-state index is -0.213. The Hall–Kier alpha value is -2.96. The van der Waals surface area contributed by atoms with Crippen LogP contribution in [0.3, 0.4) is 0 Å². The van der Waals surface area contributed by atoms with Crippen LogP contribution in [0.1, 0.15) is 0 Å². The molecule has 0 fully saturated rings. The first-order valence-corrected chi connectivity index (χ1v) is 6.51. The van der Waals surface area contributed by atoms with Gasteiger partial charge in [-0.1, -0.05) is 11.5 Å². The van der Waals surface area contributed by atoms with E-state index in [0.717, 1.165) is 16.4 Å². The third kappa shape index (κ3) is 1.82. The van der Waals surface area contributed by atoms with Gasteiger partial charge in [0.2, 0.25) is 0 Å². The molecule has 100 valence electrons. The van der Waals surface area contributed by atoms with E-state index in [2.05, 4.69) is 24.9 Å². The van der Waals surface area contributed by atoms with Crippen LogP contribution in [0.5, 0.6) is 0 Å². The van der Waals surface area contributed by atoms with E-state index < -0.39 is 0 Å². The number of rotatable bonds is 1. The molecule has 7 heteroatoms. The van der Waals surface area contributed by atoms with Gasteiger partial charge < -0.3 is 9.97 Å². The number of hydrogen-bond acceptors (Lipinski definition) is 4. The van der Waals surface area contributed by atoms with Gasteiger partial charge in [0.1, 0.15) is 30.4 Å². The van der Waals surface area contributed by atoms with E-state index >= 15 is 0 Å². The SMILES string of the molecule is Bc1cnc2[nH]c3c(=O)[nH]c(-c4cccnc4)nc3c2c1. The maximum Gasteiger partial charge on any atom is 0.275 e. The monoisotopic (exact) mass is 275 g/mol. The van der Waals surface area contributed by atoms with Crippen LogP contribution >= 0.6 is 0 Å². The van der Waals surface area contributed by atoms with E-state index in [9.17, 15) is 4.79 Å². The van der Waals surface area contributed by atoms with Gasteiger partial charge in [0.05, 0.1) is 0 Å². The predicted octanol–water partition coefficient (Wildman–Crippen LogP) is 0.120. The average Bonchev–Trinajstić information content (AvgIpc) is 2.87. The van der Waals surface area contributed by atoms with Crippen molar-refractivity contribution in [2.24, 2.45) is 0 Å². The highest BCUT2D eigenvalue weighted by molar-refractivity contribution is 6.33. The summed E-state index contributed by atoms with van der Waals surface area (Å²) in [5, 5.41) is 0.848. The molecule has 0 aromatic carbocycles. The lowest BCUT2D eigenvalue weighted by Gasteiger charge is -2.00. The Balaban J connectivity index is 2.11. The minimum absolute atomic E-state index is 0.213. The fourth-order valence-electron chi connectivity index (χ4n) is 2.39. The van der Waals surface area contributed by atoms with Gasteiger partial charge in [0.25, 0.3) is 5.56 Å². The molecular weight excluding hydrogens is 265 g/mol. The molecule has 4 aromatic rings. The summed E-state index contributed by atoms with van der Waals surface area (Å²) in [6.45, 7) is 0. The van der Waals surface area contributed by atoms with Crippen LogP contribution in [0.2, 0.25) is 0 Å². The third-order valence-corrected chi connectivity index (χ3v) is 3.38. The highest BCUT2D eigenvalue weighted by Gasteiger charge is 2.12. The average molecular weight is 275 g/mol. The van der Waals surface area contributed by atoms with Crippen LogP contribution < -0.4 is 11.0 Å². The zero-order valence-electron chi connectivity index (χ0n) is 11.2. The van der Waals surface area contributed by atoms with Crippen molar-refractivity contribution in [3.63, 3.8) is 0 Å². The van der Waals surface area contributed by atoms with Gasteiger partial charge in [-0.05, 0) is 12.1 Å². The zero-order valence-corrected chi connectivity index (χ0v) is 11.2. The second-order valence-electron chi connectivity index (χ2n) is 4.91. The van der Waals surface area contributed by atoms with Crippen molar-refractivity contribution in [2.75, 3.05) is 0 Å². The van der Waals surface area contributed by atoms with Crippen LogP contribution in [0.4, 0.5) is 0 Å². The second kappa shape index (κ2) is 4.27. The molecule has 21 heavy (non-hydrogen) atoms. The summed E-state index contributed by atoms with van der Waals surface area (Å²) < 4.78 is 0. The van der Waals surface area contributed by atoms with Gasteiger partial charge in [-0.2, -0.15) is 0 Å². The summed E-state index contributed by atoms with van der Waals surface area (Å²) in [5.41, 5.74) is 3.31. The van der Waals surface area contributed by atoms with E-state index in [1.807, 2.05) is 20.0 Å². The normalized spacial score (nSPS) is 11.2. The van der Waals surface area contributed by atoms with E-state index in [-0.39, 0.29) is 5.56 Å². The molecule has 2 N–H and O–H groups in total. The van der Waals surface area contributed by atoms with Crippen molar-refractivity contribution in [2.45, 2.75) is 0 Å². The Labute approximate surface area is 119 Å². The first-order valence-electron chi connectivity index (χ1n) is 6.51. The molecule has 4 rings (SSSR count). The van der Waals surface area contributed by atoms with Crippen LogP contribution in [-0.4, -0.2) is 32.8 Å². The Morgan fingerprint density at radius 3 is 2.90 bits per heavy atom. The maximum absolute atomic E-state index is 12.3. The number of fused-ring (bicyclic) bond motifs is 3. The summed E-state index contributed by atoms with van der Waals surface area (Å²) in [6.07, 6.45) is 5.11. The molecular formula is C14H10BN5O. The van der Waals surface area contributed by atoms with Gasteiger partial charge in [-0.15, -0.1) is 0 Å². The van der Waals surface area contributed by atoms with Crippen LogP contribution in [0, 0.1) is 0 Å². The molecule has 0 spiro atoms. The maximum atomic E-state index is 12.3. The highest BCUT2D eigenvalue weighted by Crippen LogP contribution is 2.21. The van der Waals surface area contributed by atoms with Gasteiger partial charge in [0.15, 0.2) is 0 Å². The molecule has 0 amide bonds. The molecule has 0 saturated heterocycles. The molecule has 4 heterocycles. The van der Waals surface area contributed by atoms with Crippen molar-refractivity contribution < 1.29 is 0 Å². The van der Waals surface area contributed by atoms with Crippen molar-refractivity contribution >= 4 is 35.4 Å². The van der Waals surface area contributed by atoms with E-state index in [1.54, 1.807) is 24.7 Å². The summed E-state index contributed by atoms with van der Waals surface area (Å²) in [4.78, 5) is 31.0. The summed E-state index contributed by atoms with van der Waals surface area (Å²) in [6, 6.07) is 5.64. The molecule has 0 aliphatic carbocycles. The highest BCUT2D eigenvalue weighted by atomic mass is 16.1. The number of pyridine rings is 2. The Morgan fingerprint density at radius 1 is 1.19 bits per heavy atom. The molecule has 0 radical (unpaired) electrons. The molecule has 0 atom stereocenters. The van der Waals surface area contributed by atoms with Crippen LogP contribution in [0.25, 0.3) is 33.5 Å². The standard InChI is InChI=1S/C14H10BN5O/c15-8-4-9-10-11(19-13(9)17-6-8)14(21)20-12(18-10)7-2-1-3-16-5-7/h1-6H,15H2,(H,17,19)(H,18,20,21). The second-order valence-corrected chi connectivity index (χ2v) is 4.91. The number of nitrogens with zero attached hydrogens (tertiary/aromatic N) is 3. The Bertz CT molecular complexity index is 1020. The first kappa shape index (κ1) is 11.8. The first-order chi connectivity index (χ1) is 10.2. The van der Waals surface area contributed by atoms with E-state index in [4.69, 9.17) is 0 Å². The summed E-state index contributed by atoms with van der Waals surface area (Å²) in [7, 11) is 1.96. The largest absolute Gasteiger partial charge is 0.333 e. The predicted molar refractivity (Wildman–Crippen MR) is 83.4 cm³/mol. The van der Waals surface area contributed by atoms with Crippen molar-refractivity contribution in [1.29, 1.82) is 0 Å². The van der Waals surface area contributed by atoms with Crippen LogP contribution in [0.15, 0.2) is 41.6 Å². The smallest absolute Gasteiger partial charge is 0.275 e. The lowest BCUT2D eigenvalue weighted by Crippen LogP contribution is -2.09. The molecule has 0 unspecified atom stereocenters. The van der Waals surface area contributed by atoms with Gasteiger partial charge in [-0.3, -0.25) is 9.78 Å². The Morgan fingerprint density at radius 2 is 2.10 bits per heavy atom. The quantitative estimate of drug-likeness (QED) is 0.483. The van der Waals surface area contributed by atoms with E-state index in [0.29, 0.717) is 22.5 Å². The zero-order chi connectivity index (χ0) is 14.4. The number of aromatic amines is 2. The van der Waals surface area contributed by atoms with E-state index in [1.165, 1.54) is 0 Å². The molecule has 0 aliphatic rings. The topological polar surface area (TPSA) is 87.3 Å². The lowest BCUT2D eigenvalue weighted by atomic mass is 9.98. The van der Waals surface area contributed by atoms with Crippen LogP contribution in [-0.2, 0) is 0 Å². The molecule has 0 saturated carbocycles. The fourth-order valence-corrected chi connectivity index (χ4v) is 2.39. The van der Waals surface area contributed by atoms with Gasteiger partial charge in [0, 0.05) is 29.5 Å². The molecule has 0 aliphatic heterocycles. The number of hydrogen-bond donors (Lipinski definition) is 2. The van der Waals surface area contributed by atoms with Crippen molar-refractivity contribution in [3.8, 4) is 11.4 Å². The number of nitrogens with one attached hydrogen (secondary N) is 2. The van der Waals surface area contributed by atoms with Gasteiger partial charge in [-0.25, -0.2) is 9.97 Å². The summed E-state index contributed by atoms with van der Waals surface area (Å²) in [5.74, 6) is 0.503. The number of aromatic nitrogens is 5. The number of H-pyrrole nitrogens is 2. The minimum Gasteiger partial charge on any atom is -0.333 e. The summed E-state index contributed by atoms with van der Waals surface area (Å²) >= 11 is 0. The molecule has 4 aromatic heterocycles. The van der Waals surface area contributed by atoms with Crippen molar-refractivity contribution in [3.05, 3.63) is 47.1 Å². The Kier molecular flexibility index (Phi) is 2.41. The molecule has 0 bridgehead atoms. The third-order valence-electron chi connectivity index (χ3n) is 3.38.